The molecule has 106 valence electrons. The van der Waals surface area contributed by atoms with Crippen molar-refractivity contribution < 1.29 is 9.47 Å². The zero-order valence-electron chi connectivity index (χ0n) is 11.5. The molecule has 0 saturated carbocycles. The van der Waals surface area contributed by atoms with Crippen LogP contribution in [0.5, 0.6) is 0 Å². The van der Waals surface area contributed by atoms with Crippen LogP contribution in [-0.4, -0.2) is 54.9 Å². The highest BCUT2D eigenvalue weighted by Crippen LogP contribution is 2.13. The number of morpholine rings is 1. The first-order chi connectivity index (χ1) is 9.31. The minimum Gasteiger partial charge on any atom is -0.379 e. The summed E-state index contributed by atoms with van der Waals surface area (Å²) in [6, 6.07) is 1.90. The van der Waals surface area contributed by atoms with E-state index >= 15 is 0 Å². The smallest absolute Gasteiger partial charge is 0.158 e. The summed E-state index contributed by atoms with van der Waals surface area (Å²) in [5.74, 6) is 2.25. The van der Waals surface area contributed by atoms with E-state index in [1.165, 1.54) is 0 Å². The van der Waals surface area contributed by atoms with Crippen molar-refractivity contribution in [2.75, 3.05) is 50.7 Å². The summed E-state index contributed by atoms with van der Waals surface area (Å²) in [7, 11) is 1.64. The van der Waals surface area contributed by atoms with Crippen LogP contribution in [-0.2, 0) is 16.1 Å². The van der Waals surface area contributed by atoms with E-state index in [4.69, 9.17) is 9.47 Å². The largest absolute Gasteiger partial charge is 0.379 e. The van der Waals surface area contributed by atoms with Gasteiger partial charge in [-0.25, -0.2) is 15.0 Å². The van der Waals surface area contributed by atoms with Crippen molar-refractivity contribution in [2.45, 2.75) is 13.5 Å². The van der Waals surface area contributed by atoms with Gasteiger partial charge in [0.25, 0.3) is 0 Å². The summed E-state index contributed by atoms with van der Waals surface area (Å²) in [4.78, 5) is 8.81. The summed E-state index contributed by atoms with van der Waals surface area (Å²) in [5.41, 5.74) is 3.29. The van der Waals surface area contributed by atoms with Gasteiger partial charge in [0, 0.05) is 32.8 Å². The molecule has 2 heterocycles. The number of nitrogens with zero attached hydrogens (tertiary/aromatic N) is 3. The lowest BCUT2D eigenvalue weighted by Crippen LogP contribution is -2.40. The Bertz CT molecular complexity index is 371. The number of anilines is 2. The van der Waals surface area contributed by atoms with Crippen LogP contribution in [0, 0.1) is 0 Å². The summed E-state index contributed by atoms with van der Waals surface area (Å²) in [6.45, 7) is 6.43. The van der Waals surface area contributed by atoms with E-state index in [9.17, 15) is 0 Å². The lowest BCUT2D eigenvalue weighted by molar-refractivity contribution is 0.0494. The van der Waals surface area contributed by atoms with Gasteiger partial charge in [-0.1, -0.05) is 0 Å². The lowest BCUT2D eigenvalue weighted by atomic mass is 10.4. The van der Waals surface area contributed by atoms with Gasteiger partial charge in [-0.15, -0.1) is 0 Å². The second-order valence-electron chi connectivity index (χ2n) is 4.23. The molecule has 1 aromatic rings. The molecule has 1 fully saturated rings. The van der Waals surface area contributed by atoms with E-state index in [0.717, 1.165) is 44.5 Å². The SMILES string of the molecule is CCNc1cc(NN2CCOCC2)nc(COC)n1. The van der Waals surface area contributed by atoms with E-state index in [-0.39, 0.29) is 0 Å². The molecule has 1 aliphatic heterocycles. The van der Waals surface area contributed by atoms with Crippen molar-refractivity contribution in [2.24, 2.45) is 0 Å². The molecule has 0 radical (unpaired) electrons. The molecule has 1 saturated heterocycles. The predicted molar refractivity (Wildman–Crippen MR) is 72.9 cm³/mol. The van der Waals surface area contributed by atoms with Crippen LogP contribution in [0.25, 0.3) is 0 Å². The standard InChI is InChI=1S/C12H21N5O2/c1-3-13-10-8-11(15-12(14-10)9-18-2)16-17-4-6-19-7-5-17/h8H,3-7,9H2,1-2H3,(H2,13,14,15,16). The highest BCUT2D eigenvalue weighted by atomic mass is 16.5. The average molecular weight is 267 g/mol. The first-order valence-electron chi connectivity index (χ1n) is 6.52. The van der Waals surface area contributed by atoms with Crippen LogP contribution < -0.4 is 10.7 Å². The summed E-state index contributed by atoms with van der Waals surface area (Å²) < 4.78 is 10.4. The first-order valence-corrected chi connectivity index (χ1v) is 6.52. The zero-order chi connectivity index (χ0) is 13.5. The van der Waals surface area contributed by atoms with Crippen LogP contribution in [0.3, 0.4) is 0 Å². The van der Waals surface area contributed by atoms with Crippen molar-refractivity contribution in [1.29, 1.82) is 0 Å². The predicted octanol–water partition coefficient (Wildman–Crippen LogP) is 0.714. The Hall–Kier alpha value is -1.44. The van der Waals surface area contributed by atoms with Crippen molar-refractivity contribution >= 4 is 11.6 Å². The molecule has 0 aliphatic carbocycles. The third kappa shape index (κ3) is 4.30. The Balaban J connectivity index is 2.08. The molecule has 0 amide bonds. The molecule has 0 atom stereocenters. The molecule has 0 bridgehead atoms. The highest BCUT2D eigenvalue weighted by molar-refractivity contribution is 5.47. The number of rotatable bonds is 6. The van der Waals surface area contributed by atoms with Gasteiger partial charge in [-0.3, -0.25) is 0 Å². The molecule has 7 heteroatoms. The molecular formula is C12H21N5O2. The molecule has 1 aromatic heterocycles. The van der Waals surface area contributed by atoms with Gasteiger partial charge in [0.1, 0.15) is 18.2 Å². The Morgan fingerprint density at radius 1 is 1.32 bits per heavy atom. The maximum absolute atomic E-state index is 5.32. The summed E-state index contributed by atoms with van der Waals surface area (Å²) in [5, 5.41) is 5.29. The van der Waals surface area contributed by atoms with E-state index in [2.05, 4.69) is 25.7 Å². The fraction of sp³-hybridized carbons (Fsp3) is 0.667. The van der Waals surface area contributed by atoms with Gasteiger partial charge < -0.3 is 20.2 Å². The maximum Gasteiger partial charge on any atom is 0.158 e. The van der Waals surface area contributed by atoms with Crippen LogP contribution >= 0.6 is 0 Å². The minimum absolute atomic E-state index is 0.400. The van der Waals surface area contributed by atoms with Crippen LogP contribution in [0.15, 0.2) is 6.07 Å². The highest BCUT2D eigenvalue weighted by Gasteiger charge is 2.12. The number of hydrazine groups is 1. The van der Waals surface area contributed by atoms with Crippen LogP contribution in [0.2, 0.25) is 0 Å². The van der Waals surface area contributed by atoms with Gasteiger partial charge in [-0.05, 0) is 6.92 Å². The van der Waals surface area contributed by atoms with Gasteiger partial charge in [0.05, 0.1) is 13.2 Å². The van der Waals surface area contributed by atoms with Gasteiger partial charge in [-0.2, -0.15) is 0 Å². The van der Waals surface area contributed by atoms with Crippen molar-refractivity contribution in [3.8, 4) is 0 Å². The summed E-state index contributed by atoms with van der Waals surface area (Å²) >= 11 is 0. The number of hydrogen-bond donors (Lipinski definition) is 2. The van der Waals surface area contributed by atoms with Crippen LogP contribution in [0.4, 0.5) is 11.6 Å². The normalized spacial score (nSPS) is 16.3. The fourth-order valence-electron chi connectivity index (χ4n) is 1.86. The monoisotopic (exact) mass is 267 g/mol. The lowest BCUT2D eigenvalue weighted by Gasteiger charge is -2.27. The third-order valence-electron chi connectivity index (χ3n) is 2.69. The molecule has 0 unspecified atom stereocenters. The molecule has 19 heavy (non-hydrogen) atoms. The number of methoxy groups -OCH3 is 1. The number of nitrogens with one attached hydrogen (secondary N) is 2. The molecule has 2 rings (SSSR count). The Morgan fingerprint density at radius 3 is 2.74 bits per heavy atom. The molecule has 7 nitrogen and oxygen atoms in total. The average Bonchev–Trinajstić information content (AvgIpc) is 2.40. The van der Waals surface area contributed by atoms with E-state index in [0.29, 0.717) is 12.4 Å². The third-order valence-corrected chi connectivity index (χ3v) is 2.69. The molecule has 0 aromatic carbocycles. The van der Waals surface area contributed by atoms with Gasteiger partial charge >= 0.3 is 0 Å². The second kappa shape index (κ2) is 7.22. The van der Waals surface area contributed by atoms with E-state index in [1.54, 1.807) is 7.11 Å². The molecule has 1 aliphatic rings. The molecular weight excluding hydrogens is 246 g/mol. The minimum atomic E-state index is 0.400. The van der Waals surface area contributed by atoms with Gasteiger partial charge in [0.15, 0.2) is 5.82 Å². The van der Waals surface area contributed by atoms with E-state index in [1.807, 2.05) is 13.0 Å². The van der Waals surface area contributed by atoms with Crippen molar-refractivity contribution in [1.82, 2.24) is 15.0 Å². The zero-order valence-corrected chi connectivity index (χ0v) is 11.5. The Morgan fingerprint density at radius 2 is 2.05 bits per heavy atom. The first kappa shape index (κ1) is 14.0. The maximum atomic E-state index is 5.32. The fourth-order valence-corrected chi connectivity index (χ4v) is 1.86. The van der Waals surface area contributed by atoms with Crippen molar-refractivity contribution in [3.63, 3.8) is 0 Å². The van der Waals surface area contributed by atoms with Gasteiger partial charge in [0.2, 0.25) is 0 Å². The quantitative estimate of drug-likeness (QED) is 0.786. The summed E-state index contributed by atoms with van der Waals surface area (Å²) in [6.07, 6.45) is 0. The Labute approximate surface area is 113 Å². The number of ether oxygens (including phenoxy) is 2. The topological polar surface area (TPSA) is 71.5 Å². The van der Waals surface area contributed by atoms with Crippen LogP contribution in [0.1, 0.15) is 12.7 Å². The molecule has 2 N–H and O–H groups in total. The second-order valence-corrected chi connectivity index (χ2v) is 4.23. The van der Waals surface area contributed by atoms with E-state index < -0.39 is 0 Å². The number of hydrogen-bond acceptors (Lipinski definition) is 7. The van der Waals surface area contributed by atoms with Crippen molar-refractivity contribution in [3.05, 3.63) is 11.9 Å². The number of aromatic nitrogens is 2. The molecule has 0 spiro atoms. The Kier molecular flexibility index (Phi) is 5.31.